The molecule has 0 rings (SSSR count). The van der Waals surface area contributed by atoms with E-state index in [0.717, 1.165) is 11.5 Å². The van der Waals surface area contributed by atoms with Crippen molar-refractivity contribution in [1.29, 1.82) is 0 Å². The van der Waals surface area contributed by atoms with E-state index >= 15 is 0 Å². The molecule has 0 aliphatic heterocycles. The summed E-state index contributed by atoms with van der Waals surface area (Å²) < 4.78 is 0. The van der Waals surface area contributed by atoms with Crippen LogP contribution in [0.3, 0.4) is 0 Å². The van der Waals surface area contributed by atoms with Gasteiger partial charge in [-0.05, 0) is 5.92 Å². The molecule has 0 heterocycles. The largest absolute Gasteiger partial charge is 0.354 e. The summed E-state index contributed by atoms with van der Waals surface area (Å²) in [5, 5.41) is 3.49. The van der Waals surface area contributed by atoms with Crippen molar-refractivity contribution in [2.75, 3.05) is 14.2 Å². The Hall–Kier alpha value is -1.04. The molecule has 2 radical (unpaired) electrons. The predicted octanol–water partition coefficient (Wildman–Crippen LogP) is 0.299. The van der Waals surface area contributed by atoms with Gasteiger partial charge in [-0.2, -0.15) is 0 Å². The van der Waals surface area contributed by atoms with E-state index in [-0.39, 0.29) is 11.8 Å². The van der Waals surface area contributed by atoms with E-state index in [1.807, 2.05) is 13.8 Å². The van der Waals surface area contributed by atoms with Crippen molar-refractivity contribution < 1.29 is 14.4 Å². The smallest absolute Gasteiger partial charge is 0.268 e. The molecule has 0 aliphatic carbocycles. The third-order valence-corrected chi connectivity index (χ3v) is 2.36. The van der Waals surface area contributed by atoms with Crippen LogP contribution in [0.1, 0.15) is 20.3 Å². The maximum Gasteiger partial charge on any atom is 0.268 e. The fourth-order valence-corrected chi connectivity index (χ4v) is 1.12. The Morgan fingerprint density at radius 1 is 1.53 bits per heavy atom. The van der Waals surface area contributed by atoms with Gasteiger partial charge in [-0.1, -0.05) is 20.3 Å². The molecule has 15 heavy (non-hydrogen) atoms. The summed E-state index contributed by atoms with van der Waals surface area (Å²) in [6, 6.07) is -0.641. The van der Waals surface area contributed by atoms with E-state index in [1.165, 1.54) is 14.2 Å². The maximum absolute atomic E-state index is 11.7. The monoisotopic (exact) mass is 212 g/mol. The minimum Gasteiger partial charge on any atom is -0.354 e. The molecule has 84 valence electrons. The second-order valence-electron chi connectivity index (χ2n) is 3.39. The van der Waals surface area contributed by atoms with Gasteiger partial charge in [0.1, 0.15) is 6.04 Å². The van der Waals surface area contributed by atoms with Crippen LogP contribution in [0, 0.1) is 5.92 Å². The first-order chi connectivity index (χ1) is 6.93. The minimum absolute atomic E-state index is 0.00241. The van der Waals surface area contributed by atoms with Crippen molar-refractivity contribution >= 4 is 19.6 Å². The number of amides is 2. The lowest BCUT2D eigenvalue weighted by Crippen LogP contribution is -2.50. The van der Waals surface area contributed by atoms with Crippen LogP contribution in [0.4, 0.5) is 4.79 Å². The van der Waals surface area contributed by atoms with Gasteiger partial charge in [0.05, 0.1) is 7.11 Å². The second-order valence-corrected chi connectivity index (χ2v) is 3.39. The van der Waals surface area contributed by atoms with Gasteiger partial charge in [-0.3, -0.25) is 14.4 Å². The fourth-order valence-electron chi connectivity index (χ4n) is 1.12. The average molecular weight is 212 g/mol. The number of carbonyl (C=O) groups excluding carboxylic acids is 2. The summed E-state index contributed by atoms with van der Waals surface area (Å²) in [6.07, 6.45) is 0.758. The standard InChI is InChI=1S/C9H17BN2O3/c1-5-6(2)7(11-9(10)14)8(13)12(3)15-4/h6-7H,5H2,1-4H3,(H,11,14)/t6-,7-/m0/s1. The Kier molecular flexibility index (Phi) is 6.00. The van der Waals surface area contributed by atoms with Crippen LogP contribution in [0.5, 0.6) is 0 Å². The molecule has 0 aromatic heterocycles. The lowest BCUT2D eigenvalue weighted by Gasteiger charge is -2.26. The lowest BCUT2D eigenvalue weighted by molar-refractivity contribution is -0.172. The Bertz CT molecular complexity index is 235. The summed E-state index contributed by atoms with van der Waals surface area (Å²) in [7, 11) is 7.87. The molecule has 0 spiro atoms. The lowest BCUT2D eigenvalue weighted by atomic mass is 9.96. The van der Waals surface area contributed by atoms with E-state index in [1.54, 1.807) is 0 Å². The Balaban J connectivity index is 4.61. The number of nitrogens with zero attached hydrogens (tertiary/aromatic N) is 1. The van der Waals surface area contributed by atoms with Crippen LogP contribution in [0.15, 0.2) is 0 Å². The van der Waals surface area contributed by atoms with Gasteiger partial charge >= 0.3 is 0 Å². The highest BCUT2D eigenvalue weighted by molar-refractivity contribution is 6.57. The SMILES string of the molecule is [B]C(=O)N[C@H](C(=O)N(C)OC)[C@@H](C)CC. The first-order valence-corrected chi connectivity index (χ1v) is 4.81. The number of rotatable bonds is 5. The zero-order chi connectivity index (χ0) is 12.0. The molecule has 2 amide bonds. The molecule has 0 saturated carbocycles. The third-order valence-electron chi connectivity index (χ3n) is 2.36. The third kappa shape index (κ3) is 4.33. The van der Waals surface area contributed by atoms with Crippen LogP contribution in [0.25, 0.3) is 0 Å². The molecule has 0 fully saturated rings. The van der Waals surface area contributed by atoms with Crippen molar-refractivity contribution in [2.24, 2.45) is 5.92 Å². The van der Waals surface area contributed by atoms with Crippen LogP contribution in [-0.2, 0) is 9.63 Å². The molecule has 2 atom stereocenters. The van der Waals surface area contributed by atoms with Gasteiger partial charge in [-0.15, -0.1) is 0 Å². The van der Waals surface area contributed by atoms with Gasteiger partial charge in [0.15, 0.2) is 5.81 Å². The highest BCUT2D eigenvalue weighted by Gasteiger charge is 2.27. The van der Waals surface area contributed by atoms with E-state index < -0.39 is 11.8 Å². The zero-order valence-electron chi connectivity index (χ0n) is 9.61. The van der Waals surface area contributed by atoms with Crippen molar-refractivity contribution in [3.8, 4) is 0 Å². The van der Waals surface area contributed by atoms with E-state index in [4.69, 9.17) is 12.7 Å². The van der Waals surface area contributed by atoms with Gasteiger partial charge in [0.25, 0.3) is 5.91 Å². The van der Waals surface area contributed by atoms with Crippen molar-refractivity contribution in [1.82, 2.24) is 10.4 Å². The molecular formula is C9H17BN2O3. The van der Waals surface area contributed by atoms with Gasteiger partial charge in [0.2, 0.25) is 7.85 Å². The quantitative estimate of drug-likeness (QED) is 0.526. The summed E-state index contributed by atoms with van der Waals surface area (Å²) >= 11 is 0. The van der Waals surface area contributed by atoms with Crippen LogP contribution >= 0.6 is 0 Å². The summed E-state index contributed by atoms with van der Waals surface area (Å²) in [5.74, 6) is -1.02. The molecule has 0 aromatic carbocycles. The molecule has 5 nitrogen and oxygen atoms in total. The minimum atomic E-state index is -0.710. The van der Waals surface area contributed by atoms with Crippen molar-refractivity contribution in [3.05, 3.63) is 0 Å². The molecule has 0 saturated heterocycles. The summed E-state index contributed by atoms with van der Waals surface area (Å²) in [4.78, 5) is 27.2. The molecular weight excluding hydrogens is 195 g/mol. The first-order valence-electron chi connectivity index (χ1n) is 4.81. The molecule has 1 N–H and O–H groups in total. The zero-order valence-corrected chi connectivity index (χ0v) is 9.61. The summed E-state index contributed by atoms with van der Waals surface area (Å²) in [5.41, 5.74) is 0. The molecule has 0 bridgehead atoms. The normalized spacial score (nSPS) is 14.1. The topological polar surface area (TPSA) is 58.6 Å². The average Bonchev–Trinajstić information content (AvgIpc) is 2.22. The number of carbonyl (C=O) groups is 2. The Labute approximate surface area is 91.5 Å². The van der Waals surface area contributed by atoms with Gasteiger partial charge in [-0.25, -0.2) is 5.06 Å². The van der Waals surface area contributed by atoms with E-state index in [9.17, 15) is 9.59 Å². The Morgan fingerprint density at radius 3 is 2.40 bits per heavy atom. The maximum atomic E-state index is 11.7. The van der Waals surface area contributed by atoms with Crippen LogP contribution in [-0.4, -0.2) is 44.8 Å². The van der Waals surface area contributed by atoms with Crippen molar-refractivity contribution in [3.63, 3.8) is 0 Å². The van der Waals surface area contributed by atoms with Crippen molar-refractivity contribution in [2.45, 2.75) is 26.3 Å². The first kappa shape index (κ1) is 14.0. The number of hydrogen-bond donors (Lipinski definition) is 1. The summed E-state index contributed by atoms with van der Waals surface area (Å²) in [6.45, 7) is 3.79. The van der Waals surface area contributed by atoms with E-state index in [2.05, 4.69) is 5.32 Å². The fraction of sp³-hybridized carbons (Fsp3) is 0.778. The molecule has 0 aromatic rings. The number of hydroxylamine groups is 2. The highest BCUT2D eigenvalue weighted by Crippen LogP contribution is 2.10. The van der Waals surface area contributed by atoms with E-state index in [0.29, 0.717) is 0 Å². The Morgan fingerprint density at radius 2 is 2.07 bits per heavy atom. The second kappa shape index (κ2) is 6.45. The predicted molar refractivity (Wildman–Crippen MR) is 57.3 cm³/mol. The molecule has 0 aliphatic rings. The van der Waals surface area contributed by atoms with Gasteiger partial charge in [0, 0.05) is 7.05 Å². The molecule has 0 unspecified atom stereocenters. The van der Waals surface area contributed by atoms with Crippen LogP contribution < -0.4 is 5.32 Å². The highest BCUT2D eigenvalue weighted by atomic mass is 16.7. The molecule has 6 heteroatoms. The number of hydrogen-bond acceptors (Lipinski definition) is 3. The van der Waals surface area contributed by atoms with Gasteiger partial charge < -0.3 is 5.32 Å². The van der Waals surface area contributed by atoms with Crippen LogP contribution in [0.2, 0.25) is 0 Å². The number of nitrogens with one attached hydrogen (secondary N) is 1. The number of likely N-dealkylation sites (N-methyl/N-ethyl adjacent to an activating group) is 1.